The van der Waals surface area contributed by atoms with Crippen LogP contribution < -0.4 is 10.7 Å². The van der Waals surface area contributed by atoms with Crippen LogP contribution in [0.15, 0.2) is 186 Å². The van der Waals surface area contributed by atoms with Gasteiger partial charge >= 0.3 is 0 Å². The molecule has 50 heavy (non-hydrogen) atoms. The van der Waals surface area contributed by atoms with E-state index in [2.05, 4.69) is 164 Å². The average Bonchev–Trinajstić information content (AvgIpc) is 3.76. The zero-order valence-corrected chi connectivity index (χ0v) is 27.1. The Morgan fingerprint density at radius 2 is 0.960 bits per heavy atom. The molecule has 3 nitrogen and oxygen atoms in total. The van der Waals surface area contributed by atoms with Crippen molar-refractivity contribution in [1.29, 1.82) is 0 Å². The summed E-state index contributed by atoms with van der Waals surface area (Å²) in [5.41, 5.74) is 15.2. The maximum atomic E-state index is 5.35. The molecule has 2 aliphatic heterocycles. The zero-order valence-electron chi connectivity index (χ0n) is 27.1. The van der Waals surface area contributed by atoms with E-state index in [1.54, 1.807) is 0 Å². The Balaban J connectivity index is 1.37. The maximum absolute atomic E-state index is 5.35. The van der Waals surface area contributed by atoms with E-state index in [1.165, 1.54) is 16.7 Å². The number of pyridine rings is 1. The third-order valence-corrected chi connectivity index (χ3v) is 9.88. The molecule has 0 atom stereocenters. The fraction of sp³-hybridized carbons (Fsp3) is 0. The van der Waals surface area contributed by atoms with Crippen LogP contribution in [0.25, 0.3) is 66.9 Å². The van der Waals surface area contributed by atoms with Crippen LogP contribution in [-0.2, 0) is 0 Å². The van der Waals surface area contributed by atoms with Gasteiger partial charge in [-0.2, -0.15) is 0 Å². The lowest BCUT2D eigenvalue weighted by Gasteiger charge is -2.23. The van der Waals surface area contributed by atoms with E-state index in [-0.39, 0.29) is 0 Å². The molecule has 10 rings (SSSR count). The minimum Gasteiger partial charge on any atom is -0.256 e. The van der Waals surface area contributed by atoms with Crippen LogP contribution in [0.3, 0.4) is 0 Å². The van der Waals surface area contributed by atoms with Crippen molar-refractivity contribution in [2.24, 2.45) is 9.98 Å². The van der Waals surface area contributed by atoms with Gasteiger partial charge in [0, 0.05) is 38.9 Å². The molecule has 0 saturated carbocycles. The fourth-order valence-electron chi connectivity index (χ4n) is 7.73. The van der Waals surface area contributed by atoms with Crippen molar-refractivity contribution in [2.75, 3.05) is 0 Å². The van der Waals surface area contributed by atoms with Gasteiger partial charge in [-0.25, -0.2) is 9.98 Å². The zero-order chi connectivity index (χ0) is 33.0. The van der Waals surface area contributed by atoms with Crippen molar-refractivity contribution in [3.8, 4) is 66.9 Å². The summed E-state index contributed by atoms with van der Waals surface area (Å²) in [6.07, 6.45) is 1.89. The quantitative estimate of drug-likeness (QED) is 0.185. The third kappa shape index (κ3) is 4.41. The average molecular weight is 636 g/mol. The topological polar surface area (TPSA) is 37.6 Å². The molecule has 7 aromatic carbocycles. The molecule has 2 aliphatic rings. The molecule has 232 valence electrons. The highest BCUT2D eigenvalue weighted by Gasteiger charge is 2.30. The van der Waals surface area contributed by atoms with Gasteiger partial charge in [0.2, 0.25) is 0 Å². The van der Waals surface area contributed by atoms with Crippen molar-refractivity contribution in [1.82, 2.24) is 4.98 Å². The van der Waals surface area contributed by atoms with Gasteiger partial charge in [-0.1, -0.05) is 133 Å². The molecular formula is C47H29N3. The predicted octanol–water partition coefficient (Wildman–Crippen LogP) is 10.9. The number of benzene rings is 7. The number of para-hydroxylation sites is 1. The first-order valence-electron chi connectivity index (χ1n) is 17.0. The molecular weight excluding hydrogens is 607 g/mol. The molecule has 0 amide bonds. The Labute approximate surface area is 289 Å². The first kappa shape index (κ1) is 28.3. The van der Waals surface area contributed by atoms with Gasteiger partial charge in [0.05, 0.1) is 27.8 Å². The van der Waals surface area contributed by atoms with Crippen molar-refractivity contribution < 1.29 is 0 Å². The lowest BCUT2D eigenvalue weighted by Crippen LogP contribution is -2.02. The Morgan fingerprint density at radius 1 is 0.340 bits per heavy atom. The van der Waals surface area contributed by atoms with Crippen LogP contribution in [0, 0.1) is 10.4 Å². The monoisotopic (exact) mass is 635 g/mol. The molecule has 0 unspecified atom stereocenters. The molecule has 0 spiro atoms. The van der Waals surface area contributed by atoms with Gasteiger partial charge in [0.15, 0.2) is 0 Å². The SMILES string of the molecule is c1ccc(-c2ccccc2-c2ccccc2-c2c3c(cc(-c4ccccc4)c2-c2ccccn2)N=c2ccc4c(c2-3)N=c2ccccc2=4)cc1. The summed E-state index contributed by atoms with van der Waals surface area (Å²) in [7, 11) is 0. The summed E-state index contributed by atoms with van der Waals surface area (Å²) in [5.74, 6) is 0. The first-order valence-corrected chi connectivity index (χ1v) is 17.0. The van der Waals surface area contributed by atoms with Gasteiger partial charge in [0.1, 0.15) is 0 Å². The van der Waals surface area contributed by atoms with E-state index in [9.17, 15) is 0 Å². The number of rotatable bonds is 5. The molecule has 0 N–H and O–H groups in total. The minimum atomic E-state index is 0.913. The molecule has 0 aliphatic carbocycles. The van der Waals surface area contributed by atoms with Crippen molar-refractivity contribution >= 4 is 11.4 Å². The second-order valence-corrected chi connectivity index (χ2v) is 12.7. The summed E-state index contributed by atoms with van der Waals surface area (Å²) in [4.78, 5) is 15.6. The Morgan fingerprint density at radius 3 is 1.70 bits per heavy atom. The van der Waals surface area contributed by atoms with Crippen LogP contribution in [0.4, 0.5) is 11.4 Å². The van der Waals surface area contributed by atoms with Gasteiger partial charge in [-0.05, 0) is 75.3 Å². The van der Waals surface area contributed by atoms with Crippen LogP contribution >= 0.6 is 0 Å². The Hall–Kier alpha value is -6.71. The molecule has 1 aromatic heterocycles. The van der Waals surface area contributed by atoms with Crippen LogP contribution in [0.5, 0.6) is 0 Å². The molecule has 0 fully saturated rings. The van der Waals surface area contributed by atoms with Gasteiger partial charge in [-0.15, -0.1) is 0 Å². The summed E-state index contributed by atoms with van der Waals surface area (Å²) in [5, 5.41) is 4.23. The number of fused-ring (bicyclic) bond motifs is 6. The number of aromatic nitrogens is 1. The van der Waals surface area contributed by atoms with E-state index in [1.807, 2.05) is 12.3 Å². The van der Waals surface area contributed by atoms with Crippen LogP contribution in [0.1, 0.15) is 0 Å². The van der Waals surface area contributed by atoms with Crippen molar-refractivity contribution in [3.05, 3.63) is 197 Å². The largest absolute Gasteiger partial charge is 0.256 e. The molecule has 0 bridgehead atoms. The number of hydrogen-bond acceptors (Lipinski definition) is 3. The lowest BCUT2D eigenvalue weighted by atomic mass is 9.80. The predicted molar refractivity (Wildman–Crippen MR) is 203 cm³/mol. The fourth-order valence-corrected chi connectivity index (χ4v) is 7.73. The van der Waals surface area contributed by atoms with E-state index in [4.69, 9.17) is 15.0 Å². The maximum Gasteiger partial charge on any atom is 0.0817 e. The second-order valence-electron chi connectivity index (χ2n) is 12.7. The van der Waals surface area contributed by atoms with Gasteiger partial charge in [-0.3, -0.25) is 4.98 Å². The Bertz CT molecular complexity index is 2850. The van der Waals surface area contributed by atoms with E-state index >= 15 is 0 Å². The van der Waals surface area contributed by atoms with Gasteiger partial charge in [0.25, 0.3) is 0 Å². The van der Waals surface area contributed by atoms with Crippen molar-refractivity contribution in [3.63, 3.8) is 0 Å². The highest BCUT2D eigenvalue weighted by molar-refractivity contribution is 6.10. The number of hydrogen-bond donors (Lipinski definition) is 0. The van der Waals surface area contributed by atoms with Crippen molar-refractivity contribution in [2.45, 2.75) is 0 Å². The first-order chi connectivity index (χ1) is 24.8. The normalized spacial score (nSPS) is 11.9. The third-order valence-electron chi connectivity index (χ3n) is 9.88. The minimum absolute atomic E-state index is 0.913. The highest BCUT2D eigenvalue weighted by atomic mass is 14.8. The number of nitrogens with zero attached hydrogens (tertiary/aromatic N) is 3. The van der Waals surface area contributed by atoms with E-state index < -0.39 is 0 Å². The summed E-state index contributed by atoms with van der Waals surface area (Å²) in [6.45, 7) is 0. The molecule has 3 heterocycles. The second kappa shape index (κ2) is 11.5. The van der Waals surface area contributed by atoms with E-state index in [0.29, 0.717) is 0 Å². The van der Waals surface area contributed by atoms with E-state index in [0.717, 1.165) is 82.7 Å². The summed E-state index contributed by atoms with van der Waals surface area (Å²) in [6, 6.07) is 60.0. The summed E-state index contributed by atoms with van der Waals surface area (Å²) >= 11 is 0. The summed E-state index contributed by atoms with van der Waals surface area (Å²) < 4.78 is 0. The lowest BCUT2D eigenvalue weighted by molar-refractivity contribution is 1.32. The standard InChI is InChI=1S/C47H29N3/c1-3-15-30(16-4-1)32-19-7-8-20-33(32)34-21-9-10-23-36(34)44-43(40-25-13-14-28-48-40)38(31-17-5-2-6-18-31)29-42-45(44)46-41(49-42)27-26-37-35-22-11-12-24-39(35)50-47(37)46/h1-29H. The smallest absolute Gasteiger partial charge is 0.0817 e. The molecule has 0 saturated heterocycles. The molecule has 0 radical (unpaired) electrons. The van der Waals surface area contributed by atoms with Gasteiger partial charge < -0.3 is 0 Å². The Kier molecular flexibility index (Phi) is 6.49. The molecule has 8 aromatic rings. The molecule has 3 heteroatoms. The van der Waals surface area contributed by atoms with Crippen LogP contribution in [0.2, 0.25) is 0 Å². The van der Waals surface area contributed by atoms with Crippen LogP contribution in [-0.4, -0.2) is 4.98 Å². The highest BCUT2D eigenvalue weighted by Crippen LogP contribution is 2.54.